The second-order valence-electron chi connectivity index (χ2n) is 4.68. The highest BCUT2D eigenvalue weighted by Crippen LogP contribution is 2.11. The predicted octanol–water partition coefficient (Wildman–Crippen LogP) is 2.27. The molecule has 0 spiro atoms. The van der Waals surface area contributed by atoms with Gasteiger partial charge in [0.25, 0.3) is 0 Å². The van der Waals surface area contributed by atoms with Crippen molar-refractivity contribution < 1.29 is 9.53 Å². The van der Waals surface area contributed by atoms with Crippen molar-refractivity contribution in [1.82, 2.24) is 9.80 Å². The van der Waals surface area contributed by atoms with E-state index in [0.29, 0.717) is 0 Å². The minimum Gasteiger partial charge on any atom is -0.453 e. The number of carbonyl (C=O) groups excluding carboxylic acids is 1. The zero-order valence-corrected chi connectivity index (χ0v) is 11.9. The molecule has 4 nitrogen and oxygen atoms in total. The van der Waals surface area contributed by atoms with Crippen LogP contribution in [0.2, 0.25) is 5.02 Å². The van der Waals surface area contributed by atoms with E-state index in [1.54, 1.807) is 4.90 Å². The molecule has 1 aromatic carbocycles. The molecule has 104 valence electrons. The third-order valence-electron chi connectivity index (χ3n) is 3.44. The summed E-state index contributed by atoms with van der Waals surface area (Å²) in [5, 5.41) is 0.774. The van der Waals surface area contributed by atoms with Gasteiger partial charge in [0.15, 0.2) is 0 Å². The van der Waals surface area contributed by atoms with Crippen LogP contribution in [0.15, 0.2) is 24.3 Å². The molecule has 0 unspecified atom stereocenters. The molecule has 0 saturated carbocycles. The first-order valence-electron chi connectivity index (χ1n) is 6.49. The van der Waals surface area contributed by atoms with Crippen LogP contribution >= 0.6 is 11.6 Å². The number of hydrogen-bond donors (Lipinski definition) is 0. The maximum absolute atomic E-state index is 11.4. The van der Waals surface area contributed by atoms with E-state index in [1.807, 2.05) is 12.1 Å². The van der Waals surface area contributed by atoms with Crippen LogP contribution in [0.4, 0.5) is 4.79 Å². The zero-order valence-electron chi connectivity index (χ0n) is 11.1. The molecule has 0 radical (unpaired) electrons. The van der Waals surface area contributed by atoms with Crippen molar-refractivity contribution in [3.8, 4) is 0 Å². The first kappa shape index (κ1) is 14.2. The number of methoxy groups -OCH3 is 1. The zero-order chi connectivity index (χ0) is 13.7. The summed E-state index contributed by atoms with van der Waals surface area (Å²) in [6.45, 7) is 4.31. The van der Waals surface area contributed by atoms with E-state index in [1.165, 1.54) is 12.7 Å². The van der Waals surface area contributed by atoms with Gasteiger partial charge in [0, 0.05) is 37.7 Å². The van der Waals surface area contributed by atoms with Gasteiger partial charge in [-0.25, -0.2) is 4.79 Å². The molecule has 0 N–H and O–H groups in total. The van der Waals surface area contributed by atoms with Gasteiger partial charge in [-0.05, 0) is 24.1 Å². The number of amides is 1. The number of ether oxygens (including phenoxy) is 1. The van der Waals surface area contributed by atoms with Crippen LogP contribution in [0.5, 0.6) is 0 Å². The molecule has 0 atom stereocenters. The highest BCUT2D eigenvalue weighted by Gasteiger charge is 2.20. The second kappa shape index (κ2) is 6.78. The lowest BCUT2D eigenvalue weighted by Crippen LogP contribution is -2.49. The van der Waals surface area contributed by atoms with Gasteiger partial charge in [-0.3, -0.25) is 4.90 Å². The third kappa shape index (κ3) is 4.11. The summed E-state index contributed by atoms with van der Waals surface area (Å²) in [6, 6.07) is 7.97. The van der Waals surface area contributed by atoms with Crippen LogP contribution < -0.4 is 0 Å². The largest absolute Gasteiger partial charge is 0.453 e. The first-order valence-corrected chi connectivity index (χ1v) is 6.86. The van der Waals surface area contributed by atoms with Crippen molar-refractivity contribution >= 4 is 17.7 Å². The Labute approximate surface area is 118 Å². The Morgan fingerprint density at radius 2 is 1.84 bits per heavy atom. The fourth-order valence-corrected chi connectivity index (χ4v) is 2.35. The van der Waals surface area contributed by atoms with E-state index in [4.69, 9.17) is 16.3 Å². The molecular weight excluding hydrogens is 264 g/mol. The van der Waals surface area contributed by atoms with Crippen molar-refractivity contribution in [2.75, 3.05) is 39.8 Å². The Hall–Kier alpha value is -1.26. The minimum atomic E-state index is -0.225. The first-order chi connectivity index (χ1) is 9.19. The van der Waals surface area contributed by atoms with E-state index in [0.717, 1.165) is 44.2 Å². The number of hydrogen-bond acceptors (Lipinski definition) is 3. The molecule has 1 aromatic rings. The molecule has 2 rings (SSSR count). The van der Waals surface area contributed by atoms with Crippen molar-refractivity contribution in [3.63, 3.8) is 0 Å². The molecular formula is C14H19ClN2O2. The topological polar surface area (TPSA) is 32.8 Å². The molecule has 1 heterocycles. The smallest absolute Gasteiger partial charge is 0.409 e. The van der Waals surface area contributed by atoms with Crippen molar-refractivity contribution in [3.05, 3.63) is 34.9 Å². The summed E-state index contributed by atoms with van der Waals surface area (Å²) >= 11 is 5.86. The molecule has 0 bridgehead atoms. The van der Waals surface area contributed by atoms with E-state index >= 15 is 0 Å². The van der Waals surface area contributed by atoms with Crippen molar-refractivity contribution in [2.45, 2.75) is 6.42 Å². The Morgan fingerprint density at radius 1 is 1.21 bits per heavy atom. The van der Waals surface area contributed by atoms with Gasteiger partial charge in [-0.1, -0.05) is 23.7 Å². The fourth-order valence-electron chi connectivity index (χ4n) is 2.22. The molecule has 1 fully saturated rings. The molecule has 1 amide bonds. The highest BCUT2D eigenvalue weighted by molar-refractivity contribution is 6.30. The summed E-state index contributed by atoms with van der Waals surface area (Å²) in [5.74, 6) is 0. The summed E-state index contributed by atoms with van der Waals surface area (Å²) in [4.78, 5) is 15.5. The number of piperazine rings is 1. The van der Waals surface area contributed by atoms with Crippen molar-refractivity contribution in [1.29, 1.82) is 0 Å². The average molecular weight is 283 g/mol. The molecule has 1 aliphatic heterocycles. The Balaban J connectivity index is 1.74. The molecule has 5 heteroatoms. The van der Waals surface area contributed by atoms with Crippen LogP contribution in [0, 0.1) is 0 Å². The summed E-state index contributed by atoms with van der Waals surface area (Å²) < 4.78 is 4.72. The summed E-state index contributed by atoms with van der Waals surface area (Å²) in [7, 11) is 1.43. The SMILES string of the molecule is COC(=O)N1CCN(CCc2ccc(Cl)cc2)CC1. The third-order valence-corrected chi connectivity index (χ3v) is 3.69. The lowest BCUT2D eigenvalue weighted by Gasteiger charge is -2.33. The van der Waals surface area contributed by atoms with E-state index in [9.17, 15) is 4.79 Å². The quantitative estimate of drug-likeness (QED) is 0.853. The van der Waals surface area contributed by atoms with Crippen LogP contribution in [0.25, 0.3) is 0 Å². The molecule has 19 heavy (non-hydrogen) atoms. The Morgan fingerprint density at radius 3 is 2.42 bits per heavy atom. The average Bonchev–Trinajstić information content (AvgIpc) is 2.46. The second-order valence-corrected chi connectivity index (χ2v) is 5.11. The van der Waals surface area contributed by atoms with Crippen LogP contribution in [-0.4, -0.2) is 55.7 Å². The van der Waals surface area contributed by atoms with Crippen LogP contribution in [-0.2, 0) is 11.2 Å². The highest BCUT2D eigenvalue weighted by atomic mass is 35.5. The van der Waals surface area contributed by atoms with Crippen LogP contribution in [0.1, 0.15) is 5.56 Å². The molecule has 0 aromatic heterocycles. The lowest BCUT2D eigenvalue weighted by atomic mass is 10.1. The monoisotopic (exact) mass is 282 g/mol. The van der Waals surface area contributed by atoms with E-state index in [2.05, 4.69) is 17.0 Å². The predicted molar refractivity (Wildman–Crippen MR) is 75.6 cm³/mol. The van der Waals surface area contributed by atoms with Crippen LogP contribution in [0.3, 0.4) is 0 Å². The minimum absolute atomic E-state index is 0.225. The van der Waals surface area contributed by atoms with Gasteiger partial charge in [0.05, 0.1) is 7.11 Å². The molecule has 1 aliphatic rings. The number of carbonyl (C=O) groups is 1. The maximum atomic E-state index is 11.4. The normalized spacial score (nSPS) is 16.4. The van der Waals surface area contributed by atoms with E-state index in [-0.39, 0.29) is 6.09 Å². The maximum Gasteiger partial charge on any atom is 0.409 e. The summed E-state index contributed by atoms with van der Waals surface area (Å²) in [6.07, 6.45) is 0.785. The standard InChI is InChI=1S/C14H19ClN2O2/c1-19-14(18)17-10-8-16(9-11-17)7-6-12-2-4-13(15)5-3-12/h2-5H,6-11H2,1H3. The van der Waals surface area contributed by atoms with Gasteiger partial charge in [0.1, 0.15) is 0 Å². The Bertz CT molecular complexity index is 414. The van der Waals surface area contributed by atoms with Gasteiger partial charge in [0.2, 0.25) is 0 Å². The number of nitrogens with zero attached hydrogens (tertiary/aromatic N) is 2. The molecule has 0 aliphatic carbocycles. The van der Waals surface area contributed by atoms with E-state index < -0.39 is 0 Å². The fraction of sp³-hybridized carbons (Fsp3) is 0.500. The molecule has 1 saturated heterocycles. The number of rotatable bonds is 3. The van der Waals surface area contributed by atoms with Gasteiger partial charge in [-0.2, -0.15) is 0 Å². The number of benzene rings is 1. The lowest BCUT2D eigenvalue weighted by molar-refractivity contribution is 0.0914. The van der Waals surface area contributed by atoms with Gasteiger partial charge < -0.3 is 9.64 Å². The summed E-state index contributed by atoms with van der Waals surface area (Å²) in [5.41, 5.74) is 1.29. The Kier molecular flexibility index (Phi) is 5.05. The van der Waals surface area contributed by atoms with Crippen molar-refractivity contribution in [2.24, 2.45) is 0 Å². The van der Waals surface area contributed by atoms with Gasteiger partial charge in [-0.15, -0.1) is 0 Å². The number of halogens is 1. The van der Waals surface area contributed by atoms with Gasteiger partial charge >= 0.3 is 6.09 Å².